The molecule has 0 aromatic heterocycles. The average Bonchev–Trinajstić information content (AvgIpc) is 3.16. The van der Waals surface area contributed by atoms with Crippen LogP contribution < -0.4 is 23.7 Å². The van der Waals surface area contributed by atoms with Gasteiger partial charge in [0.2, 0.25) is 5.75 Å². The summed E-state index contributed by atoms with van der Waals surface area (Å²) in [6.07, 6.45) is 0.495. The number of Topliss-reactive ketones (excluding diaryl/α,β-unsaturated/α-hetero) is 1. The van der Waals surface area contributed by atoms with Gasteiger partial charge in [-0.1, -0.05) is 0 Å². The van der Waals surface area contributed by atoms with Crippen molar-refractivity contribution in [3.63, 3.8) is 0 Å². The zero-order valence-electron chi connectivity index (χ0n) is 20.7. The minimum atomic E-state index is -0.899. The molecule has 2 aliphatic rings. The summed E-state index contributed by atoms with van der Waals surface area (Å²) in [5, 5.41) is 11.4. The third kappa shape index (κ3) is 4.51. The lowest BCUT2D eigenvalue weighted by atomic mass is 9.94. The Balaban J connectivity index is 1.88. The second-order valence-corrected chi connectivity index (χ2v) is 8.16. The van der Waals surface area contributed by atoms with Gasteiger partial charge in [0.1, 0.15) is 19.0 Å². The van der Waals surface area contributed by atoms with Crippen LogP contribution in [0.1, 0.15) is 23.6 Å². The van der Waals surface area contributed by atoms with Crippen molar-refractivity contribution >= 4 is 17.4 Å². The molecule has 36 heavy (non-hydrogen) atoms. The van der Waals surface area contributed by atoms with Crippen molar-refractivity contribution in [2.75, 3.05) is 54.8 Å². The second-order valence-electron chi connectivity index (χ2n) is 8.16. The molecule has 1 atom stereocenters. The van der Waals surface area contributed by atoms with Crippen molar-refractivity contribution in [1.29, 1.82) is 0 Å². The number of methoxy groups -OCH3 is 4. The number of ether oxygens (including phenoxy) is 6. The Morgan fingerprint density at radius 1 is 0.972 bits per heavy atom. The normalized spacial score (nSPS) is 18.3. The number of hydrogen-bond donors (Lipinski definition) is 1. The fraction of sp³-hybridized carbons (Fsp3) is 0.385. The zero-order chi connectivity index (χ0) is 25.8. The Morgan fingerprint density at radius 2 is 1.64 bits per heavy atom. The van der Waals surface area contributed by atoms with Crippen LogP contribution in [0.5, 0.6) is 28.7 Å². The highest BCUT2D eigenvalue weighted by Gasteiger charge is 2.46. The van der Waals surface area contributed by atoms with Gasteiger partial charge in [-0.25, -0.2) is 0 Å². The van der Waals surface area contributed by atoms with Gasteiger partial charge < -0.3 is 38.4 Å². The van der Waals surface area contributed by atoms with Crippen LogP contribution in [0.15, 0.2) is 35.9 Å². The second kappa shape index (κ2) is 10.8. The number of hydrogen-bond acceptors (Lipinski definition) is 9. The summed E-state index contributed by atoms with van der Waals surface area (Å²) in [6.45, 7) is 1.42. The summed E-state index contributed by atoms with van der Waals surface area (Å²) in [4.78, 5) is 27.9. The third-order valence-electron chi connectivity index (χ3n) is 6.11. The van der Waals surface area contributed by atoms with Crippen molar-refractivity contribution in [2.45, 2.75) is 12.5 Å². The predicted molar refractivity (Wildman–Crippen MR) is 129 cm³/mol. The van der Waals surface area contributed by atoms with Crippen molar-refractivity contribution in [3.05, 3.63) is 47.0 Å². The molecule has 2 heterocycles. The number of aliphatic hydroxyl groups is 1. The summed E-state index contributed by atoms with van der Waals surface area (Å²) in [5.41, 5.74) is 0.787. The number of benzene rings is 2. The maximum absolute atomic E-state index is 13.3. The summed E-state index contributed by atoms with van der Waals surface area (Å²) < 4.78 is 32.7. The minimum absolute atomic E-state index is 0.0524. The quantitative estimate of drug-likeness (QED) is 0.241. The van der Waals surface area contributed by atoms with Gasteiger partial charge >= 0.3 is 0 Å². The number of carbonyl (C=O) groups is 2. The van der Waals surface area contributed by atoms with Crippen LogP contribution in [-0.2, 0) is 14.3 Å². The SMILES string of the molecule is COCCCN1C(=O)C(=O)/C(=C(/O)c2ccc3c(c2)OCCO3)C1c1cc(OC)c(OC)c(OC)c1. The third-order valence-corrected chi connectivity index (χ3v) is 6.11. The van der Waals surface area contributed by atoms with E-state index in [-0.39, 0.29) is 17.9 Å². The van der Waals surface area contributed by atoms with Crippen LogP contribution in [0.3, 0.4) is 0 Å². The Bertz CT molecular complexity index is 1160. The Kier molecular flexibility index (Phi) is 7.54. The molecule has 1 fully saturated rings. The molecule has 0 aliphatic carbocycles. The van der Waals surface area contributed by atoms with Crippen LogP contribution >= 0.6 is 0 Å². The Morgan fingerprint density at radius 3 is 2.25 bits per heavy atom. The van der Waals surface area contributed by atoms with Crippen molar-refractivity contribution < 1.29 is 43.1 Å². The summed E-state index contributed by atoms with van der Waals surface area (Å²) in [5.74, 6) is 0.234. The highest BCUT2D eigenvalue weighted by Crippen LogP contribution is 2.46. The molecule has 2 aromatic carbocycles. The first-order chi connectivity index (χ1) is 17.4. The van der Waals surface area contributed by atoms with Crippen LogP contribution in [-0.4, -0.2) is 76.5 Å². The number of carbonyl (C=O) groups excluding carboxylic acids is 2. The van der Waals surface area contributed by atoms with Gasteiger partial charge in [0, 0.05) is 25.8 Å². The molecule has 10 nitrogen and oxygen atoms in total. The monoisotopic (exact) mass is 499 g/mol. The number of rotatable bonds is 9. The van der Waals surface area contributed by atoms with Crippen LogP contribution in [0.25, 0.3) is 5.76 Å². The fourth-order valence-corrected chi connectivity index (χ4v) is 4.44. The van der Waals surface area contributed by atoms with Gasteiger partial charge in [-0.15, -0.1) is 0 Å². The molecule has 2 aromatic rings. The van der Waals surface area contributed by atoms with E-state index in [1.165, 1.54) is 26.2 Å². The van der Waals surface area contributed by atoms with Gasteiger partial charge in [-0.2, -0.15) is 0 Å². The molecule has 192 valence electrons. The molecule has 10 heteroatoms. The van der Waals surface area contributed by atoms with Crippen molar-refractivity contribution in [1.82, 2.24) is 4.90 Å². The molecule has 1 amide bonds. The van der Waals surface area contributed by atoms with Crippen molar-refractivity contribution in [3.8, 4) is 28.7 Å². The predicted octanol–water partition coefficient (Wildman–Crippen LogP) is 2.94. The zero-order valence-corrected chi connectivity index (χ0v) is 20.7. The first-order valence-electron chi connectivity index (χ1n) is 11.4. The molecule has 0 bridgehead atoms. The molecular weight excluding hydrogens is 470 g/mol. The molecule has 4 rings (SSSR count). The lowest BCUT2D eigenvalue weighted by Crippen LogP contribution is -2.31. The van der Waals surface area contributed by atoms with E-state index in [0.29, 0.717) is 66.1 Å². The number of fused-ring (bicyclic) bond motifs is 1. The van der Waals surface area contributed by atoms with E-state index in [4.69, 9.17) is 28.4 Å². The van der Waals surface area contributed by atoms with Gasteiger partial charge in [0.05, 0.1) is 32.9 Å². The van der Waals surface area contributed by atoms with Crippen molar-refractivity contribution in [2.24, 2.45) is 0 Å². The van der Waals surface area contributed by atoms with E-state index in [9.17, 15) is 14.7 Å². The van der Waals surface area contributed by atoms with Crippen LogP contribution in [0.2, 0.25) is 0 Å². The number of likely N-dealkylation sites (tertiary alicyclic amines) is 1. The molecule has 1 N–H and O–H groups in total. The van der Waals surface area contributed by atoms with E-state index in [1.807, 2.05) is 0 Å². The van der Waals surface area contributed by atoms with Crippen LogP contribution in [0, 0.1) is 0 Å². The van der Waals surface area contributed by atoms with Gasteiger partial charge in [0.25, 0.3) is 11.7 Å². The molecule has 0 spiro atoms. The lowest BCUT2D eigenvalue weighted by Gasteiger charge is -2.26. The van der Waals surface area contributed by atoms with Gasteiger partial charge in [-0.05, 0) is 42.3 Å². The summed E-state index contributed by atoms with van der Waals surface area (Å²) in [6, 6.07) is 7.30. The summed E-state index contributed by atoms with van der Waals surface area (Å²) in [7, 11) is 6.00. The summed E-state index contributed by atoms with van der Waals surface area (Å²) >= 11 is 0. The van der Waals surface area contributed by atoms with E-state index in [1.54, 1.807) is 37.4 Å². The topological polar surface area (TPSA) is 113 Å². The number of nitrogens with zero attached hydrogens (tertiary/aromatic N) is 1. The molecule has 0 radical (unpaired) electrons. The van der Waals surface area contributed by atoms with E-state index in [0.717, 1.165) is 0 Å². The maximum atomic E-state index is 13.3. The van der Waals surface area contributed by atoms with E-state index in [2.05, 4.69) is 0 Å². The van der Waals surface area contributed by atoms with Gasteiger partial charge in [-0.3, -0.25) is 9.59 Å². The Labute approximate surface area is 208 Å². The smallest absolute Gasteiger partial charge is 0.295 e. The minimum Gasteiger partial charge on any atom is -0.507 e. The average molecular weight is 500 g/mol. The highest BCUT2D eigenvalue weighted by atomic mass is 16.6. The standard InChI is InChI=1S/C26H29NO9/c1-31-9-5-8-27-22(16-13-19(32-2)25(34-4)20(14-16)33-3)21(24(29)26(27)30)23(28)15-6-7-17-18(12-15)36-11-10-35-17/h6-7,12-14,22,28H,5,8-11H2,1-4H3/b23-21+. The number of aliphatic hydroxyl groups excluding tert-OH is 1. The van der Waals surface area contributed by atoms with E-state index >= 15 is 0 Å². The Hall–Kier alpha value is -3.92. The number of ketones is 1. The van der Waals surface area contributed by atoms with Crippen LogP contribution in [0.4, 0.5) is 0 Å². The molecule has 2 aliphatic heterocycles. The molecule has 1 unspecified atom stereocenters. The maximum Gasteiger partial charge on any atom is 0.295 e. The molecule has 0 saturated carbocycles. The molecular formula is C26H29NO9. The first kappa shape index (κ1) is 25.2. The largest absolute Gasteiger partial charge is 0.507 e. The lowest BCUT2D eigenvalue weighted by molar-refractivity contribution is -0.140. The highest BCUT2D eigenvalue weighted by molar-refractivity contribution is 6.46. The first-order valence-corrected chi connectivity index (χ1v) is 11.4. The fourth-order valence-electron chi connectivity index (χ4n) is 4.44. The molecule has 1 saturated heterocycles. The van der Waals surface area contributed by atoms with Gasteiger partial charge in [0.15, 0.2) is 23.0 Å². The number of amides is 1. The van der Waals surface area contributed by atoms with E-state index < -0.39 is 17.7 Å².